The number of rotatable bonds is 3. The fraction of sp³-hybridized carbons (Fsp3) is 0.100. The van der Waals surface area contributed by atoms with E-state index < -0.39 is 16.3 Å². The second-order valence-electron chi connectivity index (χ2n) is 3.47. The molecule has 0 fully saturated rings. The maximum absolute atomic E-state index is 11.3. The Hall–Kier alpha value is -2.77. The summed E-state index contributed by atoms with van der Waals surface area (Å²) in [6.07, 6.45) is 0. The standard InChI is InChI=1S/C10H7N3O5/c1-6(14)9-10(15)18-11-12(9)7-4-2-3-5-8(7)13(16)17/h2-5H,1H3/p+1. The first-order chi connectivity index (χ1) is 8.52. The van der Waals surface area contributed by atoms with Gasteiger partial charge in [0.05, 0.1) is 4.92 Å². The first-order valence-electron chi connectivity index (χ1n) is 4.90. The van der Waals surface area contributed by atoms with Crippen molar-refractivity contribution in [2.75, 3.05) is 0 Å². The van der Waals surface area contributed by atoms with Gasteiger partial charge in [0.25, 0.3) is 0 Å². The van der Waals surface area contributed by atoms with Gasteiger partial charge in [-0.15, -0.1) is 0 Å². The van der Waals surface area contributed by atoms with Crippen molar-refractivity contribution in [3.8, 4) is 5.69 Å². The summed E-state index contributed by atoms with van der Waals surface area (Å²) in [6.45, 7) is 1.17. The lowest BCUT2D eigenvalue weighted by molar-refractivity contribution is -0.675. The van der Waals surface area contributed by atoms with Gasteiger partial charge in [0.2, 0.25) is 5.78 Å². The smallest absolute Gasteiger partial charge is 0.287 e. The summed E-state index contributed by atoms with van der Waals surface area (Å²) in [4.78, 5) is 32.9. The number of nitro benzene ring substituents is 1. The van der Waals surface area contributed by atoms with Crippen molar-refractivity contribution in [2.24, 2.45) is 0 Å². The minimum absolute atomic E-state index is 0.0542. The summed E-state index contributed by atoms with van der Waals surface area (Å²) in [7, 11) is 0. The van der Waals surface area contributed by atoms with Crippen molar-refractivity contribution < 1.29 is 18.9 Å². The molecule has 0 aliphatic heterocycles. The number of benzene rings is 1. The zero-order valence-corrected chi connectivity index (χ0v) is 9.25. The highest BCUT2D eigenvalue weighted by atomic mass is 16.6. The third-order valence-corrected chi connectivity index (χ3v) is 2.30. The van der Waals surface area contributed by atoms with E-state index in [0.717, 1.165) is 4.68 Å². The monoisotopic (exact) mass is 250 g/mol. The molecule has 1 aromatic heterocycles. The normalized spacial score (nSPS) is 10.3. The molecule has 0 aliphatic carbocycles. The summed E-state index contributed by atoms with van der Waals surface area (Å²) < 4.78 is 5.45. The van der Waals surface area contributed by atoms with Crippen molar-refractivity contribution in [3.05, 3.63) is 50.5 Å². The lowest BCUT2D eigenvalue weighted by atomic mass is 10.2. The number of aromatic amines is 1. The molecule has 0 spiro atoms. The van der Waals surface area contributed by atoms with E-state index in [2.05, 4.69) is 9.79 Å². The van der Waals surface area contributed by atoms with Crippen LogP contribution in [0.5, 0.6) is 0 Å². The lowest BCUT2D eigenvalue weighted by Crippen LogP contribution is -2.41. The summed E-state index contributed by atoms with van der Waals surface area (Å²) in [5, 5.41) is 13.0. The molecule has 0 bridgehead atoms. The molecule has 2 aromatic rings. The van der Waals surface area contributed by atoms with Gasteiger partial charge >= 0.3 is 22.7 Å². The number of aromatic nitrogens is 2. The highest BCUT2D eigenvalue weighted by molar-refractivity contribution is 5.90. The van der Waals surface area contributed by atoms with E-state index in [4.69, 9.17) is 0 Å². The van der Waals surface area contributed by atoms with Crippen molar-refractivity contribution in [1.82, 2.24) is 5.27 Å². The molecular weight excluding hydrogens is 242 g/mol. The van der Waals surface area contributed by atoms with Gasteiger partial charge in [-0.25, -0.2) is 4.79 Å². The average Bonchev–Trinajstić information content (AvgIpc) is 2.71. The number of nitro groups is 1. The molecule has 0 saturated carbocycles. The van der Waals surface area contributed by atoms with Gasteiger partial charge in [0.15, 0.2) is 0 Å². The van der Waals surface area contributed by atoms with Crippen LogP contribution >= 0.6 is 0 Å². The fourth-order valence-corrected chi connectivity index (χ4v) is 1.55. The van der Waals surface area contributed by atoms with Crippen LogP contribution in [0.3, 0.4) is 0 Å². The number of nitrogens with zero attached hydrogens (tertiary/aromatic N) is 2. The third kappa shape index (κ3) is 1.79. The Kier molecular flexibility index (Phi) is 2.76. The molecule has 0 aliphatic rings. The van der Waals surface area contributed by atoms with E-state index in [1.54, 1.807) is 6.07 Å². The van der Waals surface area contributed by atoms with Crippen LogP contribution < -0.4 is 10.3 Å². The van der Waals surface area contributed by atoms with Crippen LogP contribution in [0.1, 0.15) is 17.4 Å². The molecule has 1 aromatic carbocycles. The fourth-order valence-electron chi connectivity index (χ4n) is 1.55. The van der Waals surface area contributed by atoms with E-state index in [1.807, 2.05) is 0 Å². The van der Waals surface area contributed by atoms with Gasteiger partial charge in [-0.05, 0) is 9.95 Å². The number of hydrogen-bond acceptors (Lipinski definition) is 5. The highest BCUT2D eigenvalue weighted by Crippen LogP contribution is 2.17. The maximum atomic E-state index is 11.3. The van der Waals surface area contributed by atoms with E-state index in [-0.39, 0.29) is 17.1 Å². The SMILES string of the molecule is CC(=O)c1c(=O)o[nH][n+]1-c1ccccc1[N+](=O)[O-]. The van der Waals surface area contributed by atoms with E-state index in [9.17, 15) is 19.7 Å². The van der Waals surface area contributed by atoms with Crippen LogP contribution in [0.15, 0.2) is 33.6 Å². The zero-order valence-electron chi connectivity index (χ0n) is 9.25. The van der Waals surface area contributed by atoms with Crippen LogP contribution in [0.25, 0.3) is 5.69 Å². The molecule has 8 heteroatoms. The first kappa shape index (κ1) is 11.7. The van der Waals surface area contributed by atoms with Crippen LogP contribution in [0.2, 0.25) is 0 Å². The molecule has 0 saturated heterocycles. The molecule has 0 radical (unpaired) electrons. The third-order valence-electron chi connectivity index (χ3n) is 2.30. The Bertz CT molecular complexity index is 685. The number of hydrogen-bond donors (Lipinski definition) is 1. The molecule has 18 heavy (non-hydrogen) atoms. The molecule has 2 rings (SSSR count). The van der Waals surface area contributed by atoms with E-state index in [1.165, 1.54) is 25.1 Å². The van der Waals surface area contributed by atoms with Gasteiger partial charge in [0.1, 0.15) is 0 Å². The first-order valence-corrected chi connectivity index (χ1v) is 4.90. The molecule has 8 nitrogen and oxygen atoms in total. The zero-order chi connectivity index (χ0) is 13.3. The van der Waals surface area contributed by atoms with Crippen LogP contribution in [0.4, 0.5) is 5.69 Å². The largest absolute Gasteiger partial charge is 0.438 e. The van der Waals surface area contributed by atoms with Gasteiger partial charge in [-0.3, -0.25) is 19.4 Å². The number of para-hydroxylation sites is 2. The Morgan fingerprint density at radius 3 is 2.72 bits per heavy atom. The summed E-state index contributed by atoms with van der Waals surface area (Å²) in [6, 6.07) is 5.69. The number of H-pyrrole nitrogens is 1. The number of Topliss-reactive ketones (excluding diaryl/α,β-unsaturated/α-hetero) is 1. The maximum Gasteiger partial charge on any atom is 0.438 e. The molecule has 1 N–H and O–H groups in total. The van der Waals surface area contributed by atoms with Gasteiger partial charge in [-0.2, -0.15) is 0 Å². The second kappa shape index (κ2) is 4.24. The Morgan fingerprint density at radius 1 is 1.44 bits per heavy atom. The number of carbonyl (C=O) groups excluding carboxylic acids is 1. The van der Waals surface area contributed by atoms with E-state index >= 15 is 0 Å². The highest BCUT2D eigenvalue weighted by Gasteiger charge is 2.32. The predicted molar refractivity (Wildman–Crippen MR) is 57.5 cm³/mol. The minimum Gasteiger partial charge on any atom is -0.287 e. The van der Waals surface area contributed by atoms with Crippen LogP contribution in [-0.4, -0.2) is 16.0 Å². The average molecular weight is 250 g/mol. The predicted octanol–water partition coefficient (Wildman–Crippen LogP) is 0.355. The second-order valence-corrected chi connectivity index (χ2v) is 3.47. The quantitative estimate of drug-likeness (QED) is 0.366. The Labute approximate surface area is 99.6 Å². The van der Waals surface area contributed by atoms with Crippen LogP contribution in [-0.2, 0) is 0 Å². The minimum atomic E-state index is -0.874. The Morgan fingerprint density at radius 2 is 2.11 bits per heavy atom. The van der Waals surface area contributed by atoms with Crippen molar-refractivity contribution >= 4 is 11.5 Å². The molecule has 1 heterocycles. The Balaban J connectivity index is 2.74. The van der Waals surface area contributed by atoms with Crippen molar-refractivity contribution in [3.63, 3.8) is 0 Å². The summed E-state index contributed by atoms with van der Waals surface area (Å²) in [5.41, 5.74) is -1.37. The molecule has 0 unspecified atom stereocenters. The molecule has 92 valence electrons. The lowest BCUT2D eigenvalue weighted by Gasteiger charge is -1.93. The van der Waals surface area contributed by atoms with Gasteiger partial charge < -0.3 is 0 Å². The number of nitrogens with one attached hydrogen (secondary N) is 1. The molecule has 0 amide bonds. The van der Waals surface area contributed by atoms with Crippen LogP contribution in [0, 0.1) is 10.1 Å². The van der Waals surface area contributed by atoms with Crippen molar-refractivity contribution in [1.29, 1.82) is 0 Å². The molecule has 0 atom stereocenters. The van der Waals surface area contributed by atoms with Gasteiger partial charge in [-0.1, -0.05) is 12.1 Å². The van der Waals surface area contributed by atoms with Crippen molar-refractivity contribution in [2.45, 2.75) is 6.92 Å². The topological polar surface area (TPSA) is 110 Å². The number of ketones is 1. The molecular formula is C10H8N3O5+. The summed E-state index contributed by atoms with van der Waals surface area (Å²) in [5.74, 6) is -0.553. The number of carbonyl (C=O) groups is 1. The van der Waals surface area contributed by atoms with E-state index in [0.29, 0.717) is 0 Å². The van der Waals surface area contributed by atoms with Gasteiger partial charge in [0, 0.05) is 19.1 Å². The summed E-state index contributed by atoms with van der Waals surface area (Å²) >= 11 is 0.